The van der Waals surface area contributed by atoms with Crippen LogP contribution in [0.1, 0.15) is 45.9 Å². The summed E-state index contributed by atoms with van der Waals surface area (Å²) in [6.45, 7) is 14.9. The van der Waals surface area contributed by atoms with Crippen molar-refractivity contribution >= 4 is 22.4 Å². The number of anilines is 2. The molecule has 0 aliphatic rings. The zero-order valence-corrected chi connectivity index (χ0v) is 26.1. The lowest BCUT2D eigenvalue weighted by molar-refractivity contribution is 0.394. The van der Waals surface area contributed by atoms with E-state index in [4.69, 9.17) is 14.5 Å². The van der Waals surface area contributed by atoms with Crippen LogP contribution in [0.4, 0.5) is 11.4 Å². The van der Waals surface area contributed by atoms with Crippen molar-refractivity contribution in [2.45, 2.75) is 48.5 Å². The van der Waals surface area contributed by atoms with E-state index < -0.39 is 0 Å². The van der Waals surface area contributed by atoms with Crippen LogP contribution in [-0.4, -0.2) is 45.5 Å². The lowest BCUT2D eigenvalue weighted by atomic mass is 10.2. The van der Waals surface area contributed by atoms with E-state index >= 15 is 0 Å². The molecule has 8 nitrogen and oxygen atoms in total. The number of fused-ring (bicyclic) bond motifs is 1. The van der Waals surface area contributed by atoms with Crippen LogP contribution >= 0.6 is 0 Å². The van der Waals surface area contributed by atoms with Gasteiger partial charge in [0.05, 0.1) is 43.3 Å². The number of rotatable bonds is 6. The molecule has 2 aromatic carbocycles. The number of hydrogen-bond acceptors (Lipinski definition) is 7. The fourth-order valence-electron chi connectivity index (χ4n) is 4.01. The van der Waals surface area contributed by atoms with E-state index in [1.165, 1.54) is 5.56 Å². The maximum Gasteiger partial charge on any atom is 0.124 e. The zero-order chi connectivity index (χ0) is 30.4. The minimum absolute atomic E-state index is 0.747. The van der Waals surface area contributed by atoms with Gasteiger partial charge in [-0.1, -0.05) is 27.7 Å². The molecule has 0 N–H and O–H groups in total. The number of aryl methyl sites for hydroxylation is 3. The van der Waals surface area contributed by atoms with Crippen LogP contribution in [0, 0.1) is 13.8 Å². The molecule has 0 radical (unpaired) electrons. The molecule has 0 saturated carbocycles. The summed E-state index contributed by atoms with van der Waals surface area (Å²) in [6, 6.07) is 16.0. The van der Waals surface area contributed by atoms with Gasteiger partial charge in [-0.15, -0.1) is 0 Å². The Morgan fingerprint density at radius 2 is 1.46 bits per heavy atom. The Kier molecular flexibility index (Phi) is 13.3. The molecule has 0 atom stereocenters. The van der Waals surface area contributed by atoms with Gasteiger partial charge in [0.1, 0.15) is 11.5 Å². The minimum atomic E-state index is 0.747. The summed E-state index contributed by atoms with van der Waals surface area (Å²) in [5, 5.41) is 4.22. The van der Waals surface area contributed by atoms with Gasteiger partial charge in [-0.2, -0.15) is 5.10 Å². The number of pyridine rings is 1. The Labute approximate surface area is 245 Å². The Morgan fingerprint density at radius 3 is 1.98 bits per heavy atom. The number of nitrogens with zero attached hydrogens (tertiary/aromatic N) is 6. The molecule has 8 heteroatoms. The van der Waals surface area contributed by atoms with Crippen LogP contribution in [0.25, 0.3) is 22.3 Å². The third-order valence-electron chi connectivity index (χ3n) is 5.85. The lowest BCUT2D eigenvalue weighted by Crippen LogP contribution is -2.16. The molecule has 0 amide bonds. The fraction of sp³-hybridized carbons (Fsp3) is 0.333. The standard InChI is InChI=1S/C22H23N5O2.C7H9N.2C2H6/c1-5-27(17-8-18(28-3)11-19(9-17)29-4)16-6-7-20-21(10-16)25-22(13-23-20)15-12-24-26(2)14-15;1-6-3-4-8-7(2)5-6;2*1-2/h6-14H,5H2,1-4H3;3-5H,1-2H3;2*1-2H3. The second-order valence-corrected chi connectivity index (χ2v) is 8.62. The average molecular weight is 557 g/mol. The smallest absolute Gasteiger partial charge is 0.124 e. The van der Waals surface area contributed by atoms with Crippen LogP contribution in [-0.2, 0) is 7.05 Å². The summed E-state index contributed by atoms with van der Waals surface area (Å²) in [5.41, 5.74) is 7.79. The monoisotopic (exact) mass is 556 g/mol. The van der Waals surface area contributed by atoms with Gasteiger partial charge in [-0.3, -0.25) is 14.6 Å². The van der Waals surface area contributed by atoms with Crippen LogP contribution in [0.3, 0.4) is 0 Å². The number of hydrogen-bond donors (Lipinski definition) is 0. The number of aromatic nitrogens is 5. The Hall–Kier alpha value is -4.46. The second-order valence-electron chi connectivity index (χ2n) is 8.62. The molecule has 0 aliphatic heterocycles. The molecular formula is C33H44N6O2. The van der Waals surface area contributed by atoms with E-state index in [0.29, 0.717) is 0 Å². The normalized spacial score (nSPS) is 9.80. The highest BCUT2D eigenvalue weighted by molar-refractivity contribution is 5.82. The third-order valence-corrected chi connectivity index (χ3v) is 5.85. The quantitative estimate of drug-likeness (QED) is 0.210. The summed E-state index contributed by atoms with van der Waals surface area (Å²) in [6.07, 6.45) is 7.33. The SMILES string of the molecule is CC.CC.CCN(c1cc(OC)cc(OC)c1)c1ccc2ncc(-c3cnn(C)c3)nc2c1.Cc1ccnc(C)c1. The second kappa shape index (κ2) is 16.6. The molecule has 0 unspecified atom stereocenters. The lowest BCUT2D eigenvalue weighted by Gasteiger charge is -2.24. The van der Waals surface area contributed by atoms with E-state index in [1.807, 2.05) is 84.4 Å². The predicted octanol–water partition coefficient (Wildman–Crippen LogP) is 7.96. The molecule has 0 aliphatic carbocycles. The van der Waals surface area contributed by atoms with Gasteiger partial charge in [0.15, 0.2) is 0 Å². The van der Waals surface area contributed by atoms with Gasteiger partial charge >= 0.3 is 0 Å². The predicted molar refractivity (Wildman–Crippen MR) is 170 cm³/mol. The van der Waals surface area contributed by atoms with E-state index in [-0.39, 0.29) is 0 Å². The van der Waals surface area contributed by atoms with Crippen LogP contribution in [0.2, 0.25) is 0 Å². The highest BCUT2D eigenvalue weighted by atomic mass is 16.5. The summed E-state index contributed by atoms with van der Waals surface area (Å²) in [5.74, 6) is 1.49. The molecule has 41 heavy (non-hydrogen) atoms. The van der Waals surface area contributed by atoms with Crippen molar-refractivity contribution in [2.24, 2.45) is 7.05 Å². The van der Waals surface area contributed by atoms with Gasteiger partial charge in [-0.05, 0) is 56.7 Å². The van der Waals surface area contributed by atoms with Crippen molar-refractivity contribution in [3.05, 3.63) is 84.6 Å². The largest absolute Gasteiger partial charge is 0.497 e. The van der Waals surface area contributed by atoms with Gasteiger partial charge in [-0.25, -0.2) is 4.98 Å². The first-order chi connectivity index (χ1) is 19.9. The van der Waals surface area contributed by atoms with E-state index in [1.54, 1.807) is 31.3 Å². The van der Waals surface area contributed by atoms with Crippen LogP contribution < -0.4 is 14.4 Å². The number of ether oxygens (including phenoxy) is 2. The van der Waals surface area contributed by atoms with Crippen molar-refractivity contribution in [3.8, 4) is 22.8 Å². The molecule has 3 aromatic heterocycles. The molecule has 218 valence electrons. The summed E-state index contributed by atoms with van der Waals surface area (Å²) >= 11 is 0. The van der Waals surface area contributed by atoms with Gasteiger partial charge < -0.3 is 14.4 Å². The molecule has 0 saturated heterocycles. The molecule has 5 rings (SSSR count). The zero-order valence-electron chi connectivity index (χ0n) is 26.1. The van der Waals surface area contributed by atoms with Gasteiger partial charge in [0, 0.05) is 66.8 Å². The molecular weight excluding hydrogens is 512 g/mol. The van der Waals surface area contributed by atoms with Crippen molar-refractivity contribution in [1.29, 1.82) is 0 Å². The van der Waals surface area contributed by atoms with Crippen LogP contribution in [0.15, 0.2) is 73.3 Å². The fourth-order valence-corrected chi connectivity index (χ4v) is 4.01. The van der Waals surface area contributed by atoms with Crippen molar-refractivity contribution in [2.75, 3.05) is 25.7 Å². The van der Waals surface area contributed by atoms with Crippen molar-refractivity contribution in [3.63, 3.8) is 0 Å². The van der Waals surface area contributed by atoms with Gasteiger partial charge in [0.25, 0.3) is 0 Å². The summed E-state index contributed by atoms with van der Waals surface area (Å²) in [7, 11) is 5.19. The molecule has 0 fully saturated rings. The summed E-state index contributed by atoms with van der Waals surface area (Å²) in [4.78, 5) is 15.6. The topological polar surface area (TPSA) is 78.2 Å². The first-order valence-electron chi connectivity index (χ1n) is 14.1. The molecule has 0 bridgehead atoms. The van der Waals surface area contributed by atoms with Crippen molar-refractivity contribution in [1.82, 2.24) is 24.7 Å². The maximum absolute atomic E-state index is 5.43. The minimum Gasteiger partial charge on any atom is -0.497 e. The maximum atomic E-state index is 5.43. The molecule has 0 spiro atoms. The van der Waals surface area contributed by atoms with Gasteiger partial charge in [0.2, 0.25) is 0 Å². The molecule has 3 heterocycles. The van der Waals surface area contributed by atoms with E-state index in [9.17, 15) is 0 Å². The average Bonchev–Trinajstić information content (AvgIpc) is 3.45. The van der Waals surface area contributed by atoms with E-state index in [2.05, 4.69) is 52.0 Å². The molecule has 5 aromatic rings. The van der Waals surface area contributed by atoms with Crippen LogP contribution in [0.5, 0.6) is 11.5 Å². The Morgan fingerprint density at radius 1 is 0.780 bits per heavy atom. The number of methoxy groups -OCH3 is 2. The summed E-state index contributed by atoms with van der Waals surface area (Å²) < 4.78 is 12.6. The Balaban J connectivity index is 0.000000414. The first-order valence-corrected chi connectivity index (χ1v) is 14.1. The highest BCUT2D eigenvalue weighted by Gasteiger charge is 2.13. The first kappa shape index (κ1) is 32.8. The number of benzene rings is 2. The van der Waals surface area contributed by atoms with Crippen molar-refractivity contribution < 1.29 is 9.47 Å². The third kappa shape index (κ3) is 9.03. The highest BCUT2D eigenvalue weighted by Crippen LogP contribution is 2.33. The van der Waals surface area contributed by atoms with E-state index in [0.717, 1.165) is 57.4 Å². The Bertz CT molecular complexity index is 1460.